The minimum absolute atomic E-state index is 0.109. The molecule has 1 aliphatic rings. The van der Waals surface area contributed by atoms with E-state index in [4.69, 9.17) is 0 Å². The second-order valence-corrected chi connectivity index (χ2v) is 4.14. The number of anilines is 1. The Hall–Kier alpha value is -1.69. The van der Waals surface area contributed by atoms with Crippen molar-refractivity contribution in [3.63, 3.8) is 0 Å². The van der Waals surface area contributed by atoms with E-state index >= 15 is 0 Å². The van der Waals surface area contributed by atoms with Gasteiger partial charge in [0.25, 0.3) is 0 Å². The van der Waals surface area contributed by atoms with Crippen molar-refractivity contribution in [2.45, 2.75) is 25.3 Å². The van der Waals surface area contributed by atoms with Gasteiger partial charge in [-0.15, -0.1) is 0 Å². The first kappa shape index (κ1) is 11.8. The molecule has 0 atom stereocenters. The number of hydrogen-bond donors (Lipinski definition) is 2. The third kappa shape index (κ3) is 3.67. The SMILES string of the molecule is O=[N+]([O-])c1ncccc1NCCCNC1CC1. The van der Waals surface area contributed by atoms with Gasteiger partial charge in [-0.05, 0) is 47.8 Å². The molecule has 6 heteroatoms. The molecular formula is C11H16N4O2. The monoisotopic (exact) mass is 236 g/mol. The molecule has 0 spiro atoms. The average Bonchev–Trinajstić information content (AvgIpc) is 3.13. The molecule has 1 saturated carbocycles. The summed E-state index contributed by atoms with van der Waals surface area (Å²) < 4.78 is 0. The van der Waals surface area contributed by atoms with Gasteiger partial charge in [-0.1, -0.05) is 0 Å². The molecular weight excluding hydrogens is 220 g/mol. The number of nitro groups is 1. The molecule has 0 aromatic carbocycles. The Balaban J connectivity index is 1.75. The van der Waals surface area contributed by atoms with Crippen LogP contribution < -0.4 is 10.6 Å². The molecule has 2 N–H and O–H groups in total. The first-order chi connectivity index (χ1) is 8.27. The first-order valence-corrected chi connectivity index (χ1v) is 5.84. The third-order valence-corrected chi connectivity index (χ3v) is 2.64. The van der Waals surface area contributed by atoms with Crippen molar-refractivity contribution in [1.29, 1.82) is 0 Å². The van der Waals surface area contributed by atoms with Crippen LogP contribution in [-0.4, -0.2) is 29.0 Å². The molecule has 0 radical (unpaired) electrons. The summed E-state index contributed by atoms with van der Waals surface area (Å²) in [5.41, 5.74) is 0.490. The van der Waals surface area contributed by atoms with Crippen LogP contribution in [0.15, 0.2) is 18.3 Å². The van der Waals surface area contributed by atoms with Crippen molar-refractivity contribution < 1.29 is 4.92 Å². The maximum absolute atomic E-state index is 10.7. The summed E-state index contributed by atoms with van der Waals surface area (Å²) in [5, 5.41) is 17.1. The zero-order valence-electron chi connectivity index (χ0n) is 9.56. The summed E-state index contributed by atoms with van der Waals surface area (Å²) in [6.07, 6.45) is 4.93. The highest BCUT2D eigenvalue weighted by Crippen LogP contribution is 2.20. The zero-order chi connectivity index (χ0) is 12.1. The predicted molar refractivity (Wildman–Crippen MR) is 65.0 cm³/mol. The van der Waals surface area contributed by atoms with Crippen molar-refractivity contribution in [1.82, 2.24) is 10.3 Å². The van der Waals surface area contributed by atoms with Crippen LogP contribution in [0.3, 0.4) is 0 Å². The number of rotatable bonds is 7. The van der Waals surface area contributed by atoms with Gasteiger partial charge in [0, 0.05) is 12.6 Å². The maximum atomic E-state index is 10.7. The van der Waals surface area contributed by atoms with Gasteiger partial charge in [0.05, 0.1) is 0 Å². The minimum Gasteiger partial charge on any atom is -0.378 e. The lowest BCUT2D eigenvalue weighted by atomic mass is 10.3. The molecule has 92 valence electrons. The van der Waals surface area contributed by atoms with Crippen LogP contribution in [0.2, 0.25) is 0 Å². The average molecular weight is 236 g/mol. The zero-order valence-corrected chi connectivity index (χ0v) is 9.56. The molecule has 1 heterocycles. The van der Waals surface area contributed by atoms with E-state index < -0.39 is 4.92 Å². The van der Waals surface area contributed by atoms with Crippen molar-refractivity contribution in [2.75, 3.05) is 18.4 Å². The number of aromatic nitrogens is 1. The number of nitrogens with one attached hydrogen (secondary N) is 2. The topological polar surface area (TPSA) is 80.1 Å². The van der Waals surface area contributed by atoms with Crippen LogP contribution in [0.4, 0.5) is 11.5 Å². The van der Waals surface area contributed by atoms with Crippen molar-refractivity contribution in [3.05, 3.63) is 28.4 Å². The number of nitrogens with zero attached hydrogens (tertiary/aromatic N) is 2. The van der Waals surface area contributed by atoms with E-state index in [1.165, 1.54) is 19.0 Å². The molecule has 1 aromatic rings. The smallest absolute Gasteiger partial charge is 0.378 e. The fourth-order valence-electron chi connectivity index (χ4n) is 1.59. The van der Waals surface area contributed by atoms with Crippen molar-refractivity contribution >= 4 is 11.5 Å². The molecule has 0 saturated heterocycles. The highest BCUT2D eigenvalue weighted by Gasteiger charge is 2.19. The van der Waals surface area contributed by atoms with Gasteiger partial charge in [-0.3, -0.25) is 0 Å². The molecule has 1 aromatic heterocycles. The third-order valence-electron chi connectivity index (χ3n) is 2.64. The highest BCUT2D eigenvalue weighted by molar-refractivity contribution is 5.56. The molecule has 0 bridgehead atoms. The van der Waals surface area contributed by atoms with Crippen molar-refractivity contribution in [3.8, 4) is 0 Å². The molecule has 1 aliphatic carbocycles. The normalized spacial score (nSPS) is 14.6. The summed E-state index contributed by atoms with van der Waals surface area (Å²) in [4.78, 5) is 14.0. The van der Waals surface area contributed by atoms with Gasteiger partial charge in [-0.2, -0.15) is 0 Å². The summed E-state index contributed by atoms with van der Waals surface area (Å²) >= 11 is 0. The lowest BCUT2D eigenvalue weighted by molar-refractivity contribution is -0.388. The van der Waals surface area contributed by atoms with E-state index in [-0.39, 0.29) is 5.82 Å². The lowest BCUT2D eigenvalue weighted by Crippen LogP contribution is -2.20. The molecule has 1 fully saturated rings. The Kier molecular flexibility index (Phi) is 3.87. The number of hydrogen-bond acceptors (Lipinski definition) is 5. The van der Waals surface area contributed by atoms with E-state index in [0.29, 0.717) is 18.3 Å². The van der Waals surface area contributed by atoms with Gasteiger partial charge in [-0.25, -0.2) is 0 Å². The molecule has 0 aliphatic heterocycles. The lowest BCUT2D eigenvalue weighted by Gasteiger charge is -2.06. The van der Waals surface area contributed by atoms with E-state index in [9.17, 15) is 10.1 Å². The highest BCUT2D eigenvalue weighted by atomic mass is 16.6. The van der Waals surface area contributed by atoms with E-state index in [0.717, 1.165) is 13.0 Å². The van der Waals surface area contributed by atoms with E-state index in [2.05, 4.69) is 15.6 Å². The Morgan fingerprint density at radius 2 is 2.29 bits per heavy atom. The fraction of sp³-hybridized carbons (Fsp3) is 0.545. The molecule has 0 amide bonds. The van der Waals surface area contributed by atoms with E-state index in [1.807, 2.05) is 0 Å². The summed E-state index contributed by atoms with van der Waals surface area (Å²) in [6.45, 7) is 1.66. The van der Waals surface area contributed by atoms with Gasteiger partial charge in [0.15, 0.2) is 0 Å². The molecule has 6 nitrogen and oxygen atoms in total. The second kappa shape index (κ2) is 5.58. The van der Waals surface area contributed by atoms with Crippen LogP contribution >= 0.6 is 0 Å². The molecule has 17 heavy (non-hydrogen) atoms. The van der Waals surface area contributed by atoms with Crippen molar-refractivity contribution in [2.24, 2.45) is 0 Å². The van der Waals surface area contributed by atoms with Gasteiger partial charge in [0.1, 0.15) is 11.9 Å². The van der Waals surface area contributed by atoms with Crippen LogP contribution in [0.25, 0.3) is 0 Å². The Morgan fingerprint density at radius 1 is 1.47 bits per heavy atom. The Bertz CT molecular complexity index is 393. The Labute approximate surface area is 99.6 Å². The summed E-state index contributed by atoms with van der Waals surface area (Å²) in [6, 6.07) is 4.08. The van der Waals surface area contributed by atoms with Gasteiger partial charge < -0.3 is 20.7 Å². The number of pyridine rings is 1. The molecule has 2 rings (SSSR count). The van der Waals surface area contributed by atoms with Gasteiger partial charge in [0.2, 0.25) is 0 Å². The summed E-state index contributed by atoms with van der Waals surface area (Å²) in [7, 11) is 0. The van der Waals surface area contributed by atoms with Gasteiger partial charge >= 0.3 is 5.82 Å². The van der Waals surface area contributed by atoms with Crippen LogP contribution in [0.5, 0.6) is 0 Å². The Morgan fingerprint density at radius 3 is 3.00 bits per heavy atom. The first-order valence-electron chi connectivity index (χ1n) is 5.84. The second-order valence-electron chi connectivity index (χ2n) is 4.14. The fourth-order valence-corrected chi connectivity index (χ4v) is 1.59. The minimum atomic E-state index is -0.467. The largest absolute Gasteiger partial charge is 0.386 e. The maximum Gasteiger partial charge on any atom is 0.386 e. The van der Waals surface area contributed by atoms with Crippen LogP contribution in [-0.2, 0) is 0 Å². The molecule has 0 unspecified atom stereocenters. The summed E-state index contributed by atoms with van der Waals surface area (Å²) in [5.74, 6) is -0.109. The van der Waals surface area contributed by atoms with Crippen LogP contribution in [0, 0.1) is 10.1 Å². The van der Waals surface area contributed by atoms with Crippen LogP contribution in [0.1, 0.15) is 19.3 Å². The quantitative estimate of drug-likeness (QED) is 0.426. The van der Waals surface area contributed by atoms with E-state index in [1.54, 1.807) is 12.1 Å². The predicted octanol–water partition coefficient (Wildman–Crippen LogP) is 1.54. The standard InChI is InChI=1S/C11H16N4O2/c16-15(17)11-10(3-1-6-14-11)13-8-2-7-12-9-4-5-9/h1,3,6,9,12-13H,2,4-5,7-8H2.